The standard InChI is InChI=1S/C29H33Cl2N3O5S/c1-4-5-17-32-29(36)21(2)33(19-22-11-9-10-14-25(22)30)28(35)20-34(23-15-16-27(39-3)26(31)18-23)40(37,38)24-12-7-6-8-13-24/h6-16,18,21H,4-5,17,19-20H2,1-3H3,(H,32,36). The van der Waals surface area contributed by atoms with Gasteiger partial charge in [-0.3, -0.25) is 13.9 Å². The third-order valence-electron chi connectivity index (χ3n) is 6.33. The average Bonchev–Trinajstić information content (AvgIpc) is 2.95. The number of amides is 2. The summed E-state index contributed by atoms with van der Waals surface area (Å²) in [6, 6.07) is 18.3. The molecule has 0 aromatic heterocycles. The number of unbranched alkanes of at least 4 members (excludes halogenated alkanes) is 1. The lowest BCUT2D eigenvalue weighted by atomic mass is 10.1. The second-order valence-corrected chi connectivity index (χ2v) is 11.8. The van der Waals surface area contributed by atoms with E-state index in [4.69, 9.17) is 27.9 Å². The maximum Gasteiger partial charge on any atom is 0.264 e. The van der Waals surface area contributed by atoms with Crippen LogP contribution >= 0.6 is 23.2 Å². The number of halogens is 2. The summed E-state index contributed by atoms with van der Waals surface area (Å²) >= 11 is 12.7. The van der Waals surface area contributed by atoms with Crippen LogP contribution in [0.4, 0.5) is 5.69 Å². The Morgan fingerprint density at radius 3 is 2.27 bits per heavy atom. The van der Waals surface area contributed by atoms with Crippen molar-refractivity contribution in [3.8, 4) is 5.75 Å². The van der Waals surface area contributed by atoms with Crippen LogP contribution in [0.1, 0.15) is 32.3 Å². The monoisotopic (exact) mass is 605 g/mol. The Morgan fingerprint density at radius 1 is 0.975 bits per heavy atom. The Kier molecular flexibility index (Phi) is 11.2. The Balaban J connectivity index is 2.03. The van der Waals surface area contributed by atoms with E-state index in [1.165, 1.54) is 42.3 Å². The first-order valence-electron chi connectivity index (χ1n) is 12.8. The van der Waals surface area contributed by atoms with Crippen LogP contribution in [-0.4, -0.2) is 51.4 Å². The zero-order valence-corrected chi connectivity index (χ0v) is 25.0. The van der Waals surface area contributed by atoms with Crippen molar-refractivity contribution < 1.29 is 22.7 Å². The van der Waals surface area contributed by atoms with Crippen molar-refractivity contribution in [3.63, 3.8) is 0 Å². The molecule has 0 aliphatic carbocycles. The van der Waals surface area contributed by atoms with E-state index in [1.807, 2.05) is 6.92 Å². The van der Waals surface area contributed by atoms with Crippen LogP contribution < -0.4 is 14.4 Å². The van der Waals surface area contributed by atoms with Crippen LogP contribution in [0.25, 0.3) is 0 Å². The summed E-state index contributed by atoms with van der Waals surface area (Å²) in [5.41, 5.74) is 0.788. The van der Waals surface area contributed by atoms with E-state index < -0.39 is 28.5 Å². The van der Waals surface area contributed by atoms with Crippen LogP contribution in [0.3, 0.4) is 0 Å². The highest BCUT2D eigenvalue weighted by Crippen LogP contribution is 2.32. The summed E-state index contributed by atoms with van der Waals surface area (Å²) in [7, 11) is -2.76. The van der Waals surface area contributed by atoms with Gasteiger partial charge in [-0.2, -0.15) is 0 Å². The number of ether oxygens (including phenoxy) is 1. The van der Waals surface area contributed by atoms with Crippen LogP contribution in [0, 0.1) is 0 Å². The number of nitrogens with zero attached hydrogens (tertiary/aromatic N) is 2. The summed E-state index contributed by atoms with van der Waals surface area (Å²) in [4.78, 5) is 28.3. The molecule has 2 amide bonds. The average molecular weight is 607 g/mol. The number of hydrogen-bond donors (Lipinski definition) is 1. The summed E-state index contributed by atoms with van der Waals surface area (Å²) in [5.74, 6) is -0.588. The number of anilines is 1. The van der Waals surface area contributed by atoms with E-state index in [0.717, 1.165) is 17.1 Å². The second kappa shape index (κ2) is 14.4. The molecular weight excluding hydrogens is 573 g/mol. The molecule has 0 saturated heterocycles. The molecule has 11 heteroatoms. The SMILES string of the molecule is CCCCNC(=O)C(C)N(Cc1ccccc1Cl)C(=O)CN(c1ccc(OC)c(Cl)c1)S(=O)(=O)c1ccccc1. The van der Waals surface area contributed by atoms with Crippen molar-refractivity contribution in [1.29, 1.82) is 0 Å². The van der Waals surface area contributed by atoms with E-state index in [-0.39, 0.29) is 28.1 Å². The first-order chi connectivity index (χ1) is 19.1. The molecule has 8 nitrogen and oxygen atoms in total. The summed E-state index contributed by atoms with van der Waals surface area (Å²) < 4.78 is 33.9. The second-order valence-electron chi connectivity index (χ2n) is 9.08. The predicted molar refractivity (Wildman–Crippen MR) is 158 cm³/mol. The fraction of sp³-hybridized carbons (Fsp3) is 0.310. The molecule has 0 saturated carbocycles. The van der Waals surface area contributed by atoms with Gasteiger partial charge in [-0.1, -0.05) is 72.9 Å². The largest absolute Gasteiger partial charge is 0.495 e. The molecule has 0 fully saturated rings. The zero-order valence-electron chi connectivity index (χ0n) is 22.6. The molecule has 0 spiro atoms. The van der Waals surface area contributed by atoms with Gasteiger partial charge in [-0.15, -0.1) is 0 Å². The van der Waals surface area contributed by atoms with Crippen LogP contribution in [-0.2, 0) is 26.2 Å². The maximum absolute atomic E-state index is 13.9. The minimum Gasteiger partial charge on any atom is -0.495 e. The van der Waals surface area contributed by atoms with E-state index in [2.05, 4.69) is 5.32 Å². The van der Waals surface area contributed by atoms with Crippen molar-refractivity contribution in [1.82, 2.24) is 10.2 Å². The minimum absolute atomic E-state index is 0.00208. The first-order valence-corrected chi connectivity index (χ1v) is 15.0. The summed E-state index contributed by atoms with van der Waals surface area (Å²) in [5, 5.41) is 3.45. The maximum atomic E-state index is 13.9. The van der Waals surface area contributed by atoms with Crippen LogP contribution in [0.2, 0.25) is 10.0 Å². The van der Waals surface area contributed by atoms with Crippen molar-refractivity contribution in [3.05, 3.63) is 88.4 Å². The van der Waals surface area contributed by atoms with Crippen molar-refractivity contribution in [2.75, 3.05) is 24.5 Å². The summed E-state index contributed by atoms with van der Waals surface area (Å²) in [6.07, 6.45) is 1.69. The highest BCUT2D eigenvalue weighted by molar-refractivity contribution is 7.92. The van der Waals surface area contributed by atoms with Gasteiger partial charge in [-0.05, 0) is 55.3 Å². The molecule has 3 aromatic carbocycles. The molecule has 1 N–H and O–H groups in total. The molecule has 214 valence electrons. The highest BCUT2D eigenvalue weighted by atomic mass is 35.5. The molecule has 0 radical (unpaired) electrons. The summed E-state index contributed by atoms with van der Waals surface area (Å²) in [6.45, 7) is 3.50. The normalized spacial score (nSPS) is 11.9. The van der Waals surface area contributed by atoms with Gasteiger partial charge in [0.05, 0.1) is 22.7 Å². The van der Waals surface area contributed by atoms with E-state index in [9.17, 15) is 18.0 Å². The number of rotatable bonds is 13. The zero-order chi connectivity index (χ0) is 29.3. The Hall–Kier alpha value is -3.27. The number of hydrogen-bond acceptors (Lipinski definition) is 5. The van der Waals surface area contributed by atoms with Gasteiger partial charge < -0.3 is 15.0 Å². The molecule has 0 aliphatic rings. The molecule has 40 heavy (non-hydrogen) atoms. The number of sulfonamides is 1. The van der Waals surface area contributed by atoms with Gasteiger partial charge in [0.2, 0.25) is 11.8 Å². The van der Waals surface area contributed by atoms with E-state index in [1.54, 1.807) is 49.4 Å². The van der Waals surface area contributed by atoms with Crippen LogP contribution in [0.5, 0.6) is 5.75 Å². The number of carbonyl (C=O) groups excluding carboxylic acids is 2. The lowest BCUT2D eigenvalue weighted by Gasteiger charge is -2.32. The quantitative estimate of drug-likeness (QED) is 0.258. The molecule has 3 aromatic rings. The highest BCUT2D eigenvalue weighted by Gasteiger charge is 2.33. The first kappa shape index (κ1) is 31.3. The predicted octanol–water partition coefficient (Wildman–Crippen LogP) is 5.53. The fourth-order valence-electron chi connectivity index (χ4n) is 3.99. The molecule has 1 atom stereocenters. The van der Waals surface area contributed by atoms with Gasteiger partial charge in [-0.25, -0.2) is 8.42 Å². The lowest BCUT2D eigenvalue weighted by molar-refractivity contribution is -0.139. The van der Waals surface area contributed by atoms with Crippen LogP contribution in [0.15, 0.2) is 77.7 Å². The molecule has 3 rings (SSSR count). The lowest BCUT2D eigenvalue weighted by Crippen LogP contribution is -2.51. The Bertz CT molecular complexity index is 1420. The van der Waals surface area contributed by atoms with Gasteiger partial charge in [0, 0.05) is 18.1 Å². The minimum atomic E-state index is -4.20. The smallest absolute Gasteiger partial charge is 0.264 e. The Morgan fingerprint density at radius 2 is 1.65 bits per heavy atom. The third kappa shape index (κ3) is 7.68. The fourth-order valence-corrected chi connectivity index (χ4v) is 5.86. The Labute approximate surface area is 245 Å². The van der Waals surface area contributed by atoms with Crippen molar-refractivity contribution in [2.24, 2.45) is 0 Å². The number of carbonyl (C=O) groups is 2. The number of benzene rings is 3. The van der Waals surface area contributed by atoms with E-state index in [0.29, 0.717) is 22.9 Å². The molecule has 1 unspecified atom stereocenters. The molecule has 0 heterocycles. The molecule has 0 bridgehead atoms. The van der Waals surface area contributed by atoms with Gasteiger partial charge in [0.25, 0.3) is 10.0 Å². The topological polar surface area (TPSA) is 96.0 Å². The number of methoxy groups -OCH3 is 1. The molecular formula is C29H33Cl2N3O5S. The van der Waals surface area contributed by atoms with Gasteiger partial charge >= 0.3 is 0 Å². The third-order valence-corrected chi connectivity index (χ3v) is 8.78. The van der Waals surface area contributed by atoms with Gasteiger partial charge in [0.15, 0.2) is 0 Å². The van der Waals surface area contributed by atoms with E-state index >= 15 is 0 Å². The van der Waals surface area contributed by atoms with Crippen molar-refractivity contribution in [2.45, 2.75) is 44.2 Å². The van der Waals surface area contributed by atoms with Crippen molar-refractivity contribution >= 4 is 50.7 Å². The number of nitrogens with one attached hydrogen (secondary N) is 1. The molecule has 0 aliphatic heterocycles. The van der Waals surface area contributed by atoms with Gasteiger partial charge in [0.1, 0.15) is 18.3 Å².